The molecule has 0 aromatic carbocycles. The molecule has 0 aromatic heterocycles. The maximum atomic E-state index is 12.1. The van der Waals surface area contributed by atoms with Crippen molar-refractivity contribution in [2.45, 2.75) is 51.0 Å². The van der Waals surface area contributed by atoms with E-state index in [2.05, 4.69) is 0 Å². The molecule has 0 aliphatic heterocycles. The van der Waals surface area contributed by atoms with Crippen LogP contribution in [0.25, 0.3) is 0 Å². The average Bonchev–Trinajstić information content (AvgIpc) is 2.78. The molecule has 1 rings (SSSR count). The van der Waals surface area contributed by atoms with Crippen LogP contribution in [0.2, 0.25) is 0 Å². The summed E-state index contributed by atoms with van der Waals surface area (Å²) in [5.74, 6) is 0.329. The van der Waals surface area contributed by atoms with Crippen molar-refractivity contribution in [3.63, 3.8) is 0 Å². The highest BCUT2D eigenvalue weighted by atomic mass is 32.2. The monoisotopic (exact) mass is 262 g/mol. The molecular weight excluding hydrogens is 240 g/mol. The molecule has 0 N–H and O–H groups in total. The number of Topliss-reactive ketones (excluding diaryl/α,β-unsaturated/α-hetero) is 1. The number of rotatable bonds is 7. The second-order valence-electron chi connectivity index (χ2n) is 4.67. The molecule has 0 heterocycles. The first-order valence-corrected chi connectivity index (χ1v) is 8.07. The van der Waals surface area contributed by atoms with E-state index in [4.69, 9.17) is 4.74 Å². The van der Waals surface area contributed by atoms with Crippen molar-refractivity contribution in [3.8, 4) is 0 Å². The molecule has 1 fully saturated rings. The molecule has 0 unspecified atom stereocenters. The fraction of sp³-hybridized carbons (Fsp3) is 0.917. The Kier molecular flexibility index (Phi) is 5.13. The van der Waals surface area contributed by atoms with Crippen molar-refractivity contribution >= 4 is 15.6 Å². The highest BCUT2D eigenvalue weighted by molar-refractivity contribution is 7.91. The van der Waals surface area contributed by atoms with Crippen LogP contribution in [0.4, 0.5) is 0 Å². The fourth-order valence-electron chi connectivity index (χ4n) is 2.37. The lowest BCUT2D eigenvalue weighted by Crippen LogP contribution is -2.37. The van der Waals surface area contributed by atoms with Gasteiger partial charge in [0.1, 0.15) is 15.4 Å². The minimum atomic E-state index is -2.96. The minimum Gasteiger partial charge on any atom is -0.370 e. The predicted molar refractivity (Wildman–Crippen MR) is 66.8 cm³/mol. The molecule has 1 saturated carbocycles. The molecule has 0 amide bonds. The molecule has 0 radical (unpaired) electrons. The maximum Gasteiger partial charge on any atom is 0.164 e. The smallest absolute Gasteiger partial charge is 0.164 e. The van der Waals surface area contributed by atoms with Gasteiger partial charge in [0.15, 0.2) is 5.78 Å². The molecule has 1 aliphatic rings. The number of hydrogen-bond donors (Lipinski definition) is 0. The van der Waals surface area contributed by atoms with Crippen molar-refractivity contribution in [3.05, 3.63) is 0 Å². The molecule has 4 nitrogen and oxygen atoms in total. The van der Waals surface area contributed by atoms with Gasteiger partial charge < -0.3 is 4.74 Å². The van der Waals surface area contributed by atoms with E-state index in [0.717, 1.165) is 25.7 Å². The van der Waals surface area contributed by atoms with Gasteiger partial charge in [-0.2, -0.15) is 0 Å². The third kappa shape index (κ3) is 3.78. The molecule has 0 bridgehead atoms. The topological polar surface area (TPSA) is 60.4 Å². The zero-order chi connectivity index (χ0) is 12.9. The van der Waals surface area contributed by atoms with Crippen LogP contribution in [-0.2, 0) is 19.4 Å². The van der Waals surface area contributed by atoms with Crippen LogP contribution in [0.3, 0.4) is 0 Å². The largest absolute Gasteiger partial charge is 0.370 e. The lowest BCUT2D eigenvalue weighted by Gasteiger charge is -2.25. The summed E-state index contributed by atoms with van der Waals surface area (Å²) in [5, 5.41) is 0. The van der Waals surface area contributed by atoms with Gasteiger partial charge in [-0.1, -0.05) is 6.92 Å². The number of ketones is 1. The first kappa shape index (κ1) is 14.6. The van der Waals surface area contributed by atoms with Gasteiger partial charge in [0.05, 0.1) is 5.75 Å². The molecule has 5 heteroatoms. The zero-order valence-electron chi connectivity index (χ0n) is 10.7. The van der Waals surface area contributed by atoms with Crippen LogP contribution in [0.5, 0.6) is 0 Å². The summed E-state index contributed by atoms with van der Waals surface area (Å²) >= 11 is 0. The van der Waals surface area contributed by atoms with E-state index in [1.807, 2.05) is 0 Å². The van der Waals surface area contributed by atoms with Crippen LogP contribution >= 0.6 is 0 Å². The predicted octanol–water partition coefficient (Wildman–Crippen LogP) is 1.73. The van der Waals surface area contributed by atoms with E-state index in [0.29, 0.717) is 12.8 Å². The van der Waals surface area contributed by atoms with E-state index in [1.54, 1.807) is 14.0 Å². The number of carbonyl (C=O) groups excluding carboxylic acids is 1. The molecule has 17 heavy (non-hydrogen) atoms. The first-order valence-electron chi connectivity index (χ1n) is 6.24. The Balaban J connectivity index is 2.44. The molecule has 0 aromatic rings. The SMILES string of the molecule is CCS(=O)(=O)CCCC(=O)C1(OC)CCCC1. The van der Waals surface area contributed by atoms with E-state index < -0.39 is 15.4 Å². The van der Waals surface area contributed by atoms with Crippen LogP contribution in [0, 0.1) is 0 Å². The van der Waals surface area contributed by atoms with Crippen LogP contribution in [-0.4, -0.2) is 38.4 Å². The summed E-state index contributed by atoms with van der Waals surface area (Å²) in [6, 6.07) is 0. The number of hydrogen-bond acceptors (Lipinski definition) is 4. The van der Waals surface area contributed by atoms with Crippen molar-refractivity contribution in [1.82, 2.24) is 0 Å². The van der Waals surface area contributed by atoms with Crippen molar-refractivity contribution < 1.29 is 17.9 Å². The number of sulfone groups is 1. The summed E-state index contributed by atoms with van der Waals surface area (Å²) in [6.07, 6.45) is 4.33. The summed E-state index contributed by atoms with van der Waals surface area (Å²) in [4.78, 5) is 12.1. The first-order chi connectivity index (χ1) is 7.96. The average molecular weight is 262 g/mol. The van der Waals surface area contributed by atoms with E-state index in [1.165, 1.54) is 0 Å². The second kappa shape index (κ2) is 5.96. The zero-order valence-corrected chi connectivity index (χ0v) is 11.5. The molecule has 0 spiro atoms. The van der Waals surface area contributed by atoms with Gasteiger partial charge >= 0.3 is 0 Å². The summed E-state index contributed by atoms with van der Waals surface area (Å²) in [7, 11) is -1.38. The molecule has 1 aliphatic carbocycles. The fourth-order valence-corrected chi connectivity index (χ4v) is 3.24. The van der Waals surface area contributed by atoms with Crippen LogP contribution in [0.1, 0.15) is 45.4 Å². The standard InChI is InChI=1S/C12H22O4S/c1-3-17(14,15)10-6-7-11(13)12(16-2)8-4-5-9-12/h3-10H2,1-2H3. The van der Waals surface area contributed by atoms with Gasteiger partial charge in [0, 0.05) is 19.3 Å². The number of carbonyl (C=O) groups is 1. The minimum absolute atomic E-state index is 0.0730. The lowest BCUT2D eigenvalue weighted by molar-refractivity contribution is -0.140. The van der Waals surface area contributed by atoms with Gasteiger partial charge in [-0.15, -0.1) is 0 Å². The van der Waals surface area contributed by atoms with Crippen LogP contribution in [0.15, 0.2) is 0 Å². The molecular formula is C12H22O4S. The normalized spacial score (nSPS) is 19.4. The maximum absolute atomic E-state index is 12.1. The van der Waals surface area contributed by atoms with Crippen LogP contribution < -0.4 is 0 Å². The molecule has 0 atom stereocenters. The van der Waals surface area contributed by atoms with Gasteiger partial charge in [-0.3, -0.25) is 4.79 Å². The Bertz CT molecular complexity index is 353. The lowest BCUT2D eigenvalue weighted by atomic mass is 9.93. The van der Waals surface area contributed by atoms with Crippen molar-refractivity contribution in [1.29, 1.82) is 0 Å². The van der Waals surface area contributed by atoms with Gasteiger partial charge in [-0.25, -0.2) is 8.42 Å². The molecule has 100 valence electrons. The quantitative estimate of drug-likeness (QED) is 0.701. The van der Waals surface area contributed by atoms with Gasteiger partial charge in [-0.05, 0) is 32.1 Å². The van der Waals surface area contributed by atoms with E-state index >= 15 is 0 Å². The van der Waals surface area contributed by atoms with Gasteiger partial charge in [0.25, 0.3) is 0 Å². The Morgan fingerprint density at radius 1 is 1.29 bits per heavy atom. The highest BCUT2D eigenvalue weighted by Gasteiger charge is 2.40. The number of methoxy groups -OCH3 is 1. The van der Waals surface area contributed by atoms with E-state index in [-0.39, 0.29) is 17.3 Å². The number of ether oxygens (including phenoxy) is 1. The Hall–Kier alpha value is -0.420. The Morgan fingerprint density at radius 2 is 1.88 bits per heavy atom. The Morgan fingerprint density at radius 3 is 2.35 bits per heavy atom. The third-order valence-electron chi connectivity index (χ3n) is 3.61. The van der Waals surface area contributed by atoms with Gasteiger partial charge in [0.2, 0.25) is 0 Å². The second-order valence-corrected chi connectivity index (χ2v) is 7.14. The van der Waals surface area contributed by atoms with Crippen molar-refractivity contribution in [2.75, 3.05) is 18.6 Å². The summed E-state index contributed by atoms with van der Waals surface area (Å²) in [5.41, 5.74) is -0.615. The summed E-state index contributed by atoms with van der Waals surface area (Å²) in [6.45, 7) is 1.63. The Labute approximate surface area is 104 Å². The molecule has 0 saturated heterocycles. The summed E-state index contributed by atoms with van der Waals surface area (Å²) < 4.78 is 28.0. The highest BCUT2D eigenvalue weighted by Crippen LogP contribution is 2.34. The van der Waals surface area contributed by atoms with Crippen molar-refractivity contribution in [2.24, 2.45) is 0 Å². The third-order valence-corrected chi connectivity index (χ3v) is 5.40. The van der Waals surface area contributed by atoms with E-state index in [9.17, 15) is 13.2 Å².